The Morgan fingerprint density at radius 1 is 1.44 bits per heavy atom. The van der Waals surface area contributed by atoms with Crippen LogP contribution in [0, 0.1) is 5.92 Å². The van der Waals surface area contributed by atoms with E-state index < -0.39 is 0 Å². The average molecular weight is 247 g/mol. The van der Waals surface area contributed by atoms with Crippen molar-refractivity contribution in [2.45, 2.75) is 39.0 Å². The number of rotatable bonds is 5. The van der Waals surface area contributed by atoms with Crippen molar-refractivity contribution in [3.63, 3.8) is 0 Å². The van der Waals surface area contributed by atoms with Gasteiger partial charge in [-0.2, -0.15) is 0 Å². The van der Waals surface area contributed by atoms with Gasteiger partial charge in [-0.05, 0) is 36.1 Å². The fourth-order valence-electron chi connectivity index (χ4n) is 2.68. The second-order valence-electron chi connectivity index (χ2n) is 5.12. The predicted molar refractivity (Wildman–Crippen MR) is 73.1 cm³/mol. The van der Waals surface area contributed by atoms with Crippen molar-refractivity contribution in [1.82, 2.24) is 0 Å². The molecule has 1 amide bonds. The number of carbonyl (C=O) groups is 1. The molecule has 0 spiro atoms. The molecule has 2 atom stereocenters. The van der Waals surface area contributed by atoms with Crippen molar-refractivity contribution in [3.8, 4) is 5.75 Å². The van der Waals surface area contributed by atoms with E-state index in [9.17, 15) is 4.79 Å². The van der Waals surface area contributed by atoms with Crippen molar-refractivity contribution in [2.24, 2.45) is 5.92 Å². The van der Waals surface area contributed by atoms with E-state index in [4.69, 9.17) is 4.74 Å². The molecule has 1 aliphatic heterocycles. The van der Waals surface area contributed by atoms with Gasteiger partial charge in [-0.25, -0.2) is 0 Å². The molecule has 1 aromatic carbocycles. The van der Waals surface area contributed by atoms with Crippen LogP contribution in [0.15, 0.2) is 18.2 Å². The van der Waals surface area contributed by atoms with Crippen molar-refractivity contribution in [2.75, 3.05) is 12.4 Å². The first kappa shape index (κ1) is 12.9. The van der Waals surface area contributed by atoms with E-state index in [0.29, 0.717) is 5.92 Å². The lowest BCUT2D eigenvalue weighted by atomic mass is 9.88. The maximum atomic E-state index is 12.0. The normalized spacial score (nSPS) is 19.3. The van der Waals surface area contributed by atoms with E-state index in [-0.39, 0.29) is 11.8 Å². The van der Waals surface area contributed by atoms with Crippen LogP contribution in [-0.4, -0.2) is 13.0 Å². The minimum atomic E-state index is -0.0170. The van der Waals surface area contributed by atoms with Crippen LogP contribution in [-0.2, 0) is 4.79 Å². The third-order valence-electron chi connectivity index (χ3n) is 3.63. The highest BCUT2D eigenvalue weighted by Gasteiger charge is 2.31. The van der Waals surface area contributed by atoms with Crippen LogP contribution in [0.5, 0.6) is 5.75 Å². The van der Waals surface area contributed by atoms with E-state index in [1.165, 1.54) is 12.8 Å². The van der Waals surface area contributed by atoms with E-state index in [1.807, 2.05) is 18.2 Å². The molecule has 0 aliphatic carbocycles. The van der Waals surface area contributed by atoms with Crippen LogP contribution >= 0.6 is 0 Å². The molecule has 2 unspecified atom stereocenters. The number of fused-ring (bicyclic) bond motifs is 1. The van der Waals surface area contributed by atoms with Crippen LogP contribution in [0.3, 0.4) is 0 Å². The Labute approximate surface area is 109 Å². The molecule has 3 nitrogen and oxygen atoms in total. The summed E-state index contributed by atoms with van der Waals surface area (Å²) in [5.41, 5.74) is 2.02. The van der Waals surface area contributed by atoms with Gasteiger partial charge in [0.25, 0.3) is 0 Å². The fourth-order valence-corrected chi connectivity index (χ4v) is 2.68. The fraction of sp³-hybridized carbons (Fsp3) is 0.533. The minimum Gasteiger partial charge on any atom is -0.497 e. The highest BCUT2D eigenvalue weighted by atomic mass is 16.5. The first-order valence-corrected chi connectivity index (χ1v) is 6.64. The maximum Gasteiger partial charge on any atom is 0.232 e. The number of hydrogen-bond acceptors (Lipinski definition) is 2. The molecule has 0 saturated heterocycles. The smallest absolute Gasteiger partial charge is 0.232 e. The van der Waals surface area contributed by atoms with Crippen molar-refractivity contribution < 1.29 is 9.53 Å². The zero-order valence-electron chi connectivity index (χ0n) is 11.3. The number of hydrogen-bond donors (Lipinski definition) is 1. The molecule has 1 N–H and O–H groups in total. The molecular weight excluding hydrogens is 226 g/mol. The van der Waals surface area contributed by atoms with E-state index in [1.54, 1.807) is 7.11 Å². The van der Waals surface area contributed by atoms with Gasteiger partial charge >= 0.3 is 0 Å². The third kappa shape index (κ3) is 2.50. The summed E-state index contributed by atoms with van der Waals surface area (Å²) in [5, 5.41) is 2.95. The Balaban J connectivity index is 2.20. The summed E-state index contributed by atoms with van der Waals surface area (Å²) in [6, 6.07) is 5.80. The van der Waals surface area contributed by atoms with E-state index in [2.05, 4.69) is 19.2 Å². The number of methoxy groups -OCH3 is 1. The summed E-state index contributed by atoms with van der Waals surface area (Å²) >= 11 is 0. The molecule has 0 aromatic heterocycles. The van der Waals surface area contributed by atoms with Crippen molar-refractivity contribution in [3.05, 3.63) is 23.8 Å². The second kappa shape index (κ2) is 5.42. The van der Waals surface area contributed by atoms with Gasteiger partial charge < -0.3 is 10.1 Å². The van der Waals surface area contributed by atoms with Gasteiger partial charge in [0.05, 0.1) is 13.0 Å². The van der Waals surface area contributed by atoms with Crippen LogP contribution < -0.4 is 10.1 Å². The number of nitrogens with one attached hydrogen (secondary N) is 1. The Kier molecular flexibility index (Phi) is 3.90. The molecule has 1 aromatic rings. The summed E-state index contributed by atoms with van der Waals surface area (Å²) in [5.74, 6) is 1.50. The van der Waals surface area contributed by atoms with Crippen molar-refractivity contribution >= 4 is 11.6 Å². The second-order valence-corrected chi connectivity index (χ2v) is 5.12. The molecule has 3 heteroatoms. The lowest BCUT2D eigenvalue weighted by Crippen LogP contribution is -2.14. The summed E-state index contributed by atoms with van der Waals surface area (Å²) in [7, 11) is 1.65. The zero-order chi connectivity index (χ0) is 13.1. The van der Waals surface area contributed by atoms with Crippen LogP contribution in [0.2, 0.25) is 0 Å². The largest absolute Gasteiger partial charge is 0.497 e. The topological polar surface area (TPSA) is 38.3 Å². The predicted octanol–water partition coefficient (Wildman–Crippen LogP) is 3.56. The standard InChI is InChI=1S/C15H21NO2/c1-4-5-10(2)8-13-12-9-11(18-3)6-7-14(12)16-15(13)17/h6-7,9-10,13H,4-5,8H2,1-3H3,(H,16,17). The lowest BCUT2D eigenvalue weighted by Gasteiger charge is -2.15. The Bertz CT molecular complexity index is 442. The molecule has 98 valence electrons. The van der Waals surface area contributed by atoms with Gasteiger partial charge in [-0.3, -0.25) is 4.79 Å². The summed E-state index contributed by atoms with van der Waals surface area (Å²) < 4.78 is 5.24. The molecule has 18 heavy (non-hydrogen) atoms. The zero-order valence-corrected chi connectivity index (χ0v) is 11.3. The maximum absolute atomic E-state index is 12.0. The van der Waals surface area contributed by atoms with E-state index in [0.717, 1.165) is 23.4 Å². The Hall–Kier alpha value is -1.51. The summed E-state index contributed by atoms with van der Waals surface area (Å²) in [6.45, 7) is 4.40. The molecular formula is C15H21NO2. The molecule has 1 heterocycles. The Morgan fingerprint density at radius 2 is 2.22 bits per heavy atom. The first-order valence-electron chi connectivity index (χ1n) is 6.64. The Morgan fingerprint density at radius 3 is 2.89 bits per heavy atom. The lowest BCUT2D eigenvalue weighted by molar-refractivity contribution is -0.117. The molecule has 0 radical (unpaired) electrons. The third-order valence-corrected chi connectivity index (χ3v) is 3.63. The van der Waals surface area contributed by atoms with Gasteiger partial charge in [-0.15, -0.1) is 0 Å². The monoisotopic (exact) mass is 247 g/mol. The van der Waals surface area contributed by atoms with Crippen LogP contribution in [0.4, 0.5) is 5.69 Å². The van der Waals surface area contributed by atoms with Gasteiger partial charge in [0, 0.05) is 5.69 Å². The van der Waals surface area contributed by atoms with Gasteiger partial charge in [0.2, 0.25) is 5.91 Å². The highest BCUT2D eigenvalue weighted by molar-refractivity contribution is 6.03. The number of carbonyl (C=O) groups excluding carboxylic acids is 1. The quantitative estimate of drug-likeness (QED) is 0.864. The van der Waals surface area contributed by atoms with Gasteiger partial charge in [-0.1, -0.05) is 26.7 Å². The first-order chi connectivity index (χ1) is 8.65. The molecule has 0 bridgehead atoms. The average Bonchev–Trinajstić information content (AvgIpc) is 2.65. The highest BCUT2D eigenvalue weighted by Crippen LogP contribution is 2.39. The number of amides is 1. The van der Waals surface area contributed by atoms with Crippen LogP contribution in [0.1, 0.15) is 44.6 Å². The van der Waals surface area contributed by atoms with Gasteiger partial charge in [0.15, 0.2) is 0 Å². The summed E-state index contributed by atoms with van der Waals surface area (Å²) in [4.78, 5) is 12.0. The summed E-state index contributed by atoms with van der Waals surface area (Å²) in [6.07, 6.45) is 3.25. The number of ether oxygens (including phenoxy) is 1. The van der Waals surface area contributed by atoms with Crippen LogP contribution in [0.25, 0.3) is 0 Å². The number of anilines is 1. The van der Waals surface area contributed by atoms with Gasteiger partial charge in [0.1, 0.15) is 5.75 Å². The van der Waals surface area contributed by atoms with Crippen molar-refractivity contribution in [1.29, 1.82) is 0 Å². The molecule has 0 fully saturated rings. The SMILES string of the molecule is CCCC(C)CC1C(=O)Nc2ccc(OC)cc21. The van der Waals surface area contributed by atoms with E-state index >= 15 is 0 Å². The molecule has 1 aliphatic rings. The molecule has 2 rings (SSSR count). The minimum absolute atomic E-state index is 0.0170. The number of benzene rings is 1. The molecule has 0 saturated carbocycles.